The molecule has 1 unspecified atom stereocenters. The van der Waals surface area contributed by atoms with E-state index in [2.05, 4.69) is 66.5 Å². The number of hydrogen-bond donors (Lipinski definition) is 1. The molecule has 1 aromatic carbocycles. The largest absolute Gasteiger partial charge is 0.378 e. The summed E-state index contributed by atoms with van der Waals surface area (Å²) < 4.78 is 0. The third-order valence-corrected chi connectivity index (χ3v) is 4.55. The van der Waals surface area contributed by atoms with Gasteiger partial charge < -0.3 is 10.2 Å². The van der Waals surface area contributed by atoms with Crippen molar-refractivity contribution in [3.63, 3.8) is 0 Å². The summed E-state index contributed by atoms with van der Waals surface area (Å²) in [7, 11) is 4.15. The maximum atomic E-state index is 4.72. The molecule has 0 aliphatic carbocycles. The minimum Gasteiger partial charge on any atom is -0.378 e. The molecule has 1 aliphatic heterocycles. The number of aryl methyl sites for hydroxylation is 1. The quantitative estimate of drug-likeness (QED) is 0.940. The summed E-state index contributed by atoms with van der Waals surface area (Å²) in [5.41, 5.74) is 4.98. The summed E-state index contributed by atoms with van der Waals surface area (Å²) >= 11 is 0. The fourth-order valence-corrected chi connectivity index (χ4v) is 3.22. The number of nitrogens with zero attached hydrogens (tertiary/aromatic N) is 3. The van der Waals surface area contributed by atoms with Crippen molar-refractivity contribution >= 4 is 5.69 Å². The van der Waals surface area contributed by atoms with Crippen LogP contribution in [0.1, 0.15) is 22.9 Å². The molecule has 0 bridgehead atoms. The molecule has 4 nitrogen and oxygen atoms in total. The molecule has 1 fully saturated rings. The Hall–Kier alpha value is -1.91. The van der Waals surface area contributed by atoms with Crippen molar-refractivity contribution in [2.24, 2.45) is 0 Å². The second-order valence-electron chi connectivity index (χ2n) is 6.38. The molecular weight excluding hydrogens is 284 g/mol. The van der Waals surface area contributed by atoms with Gasteiger partial charge in [0.25, 0.3) is 0 Å². The fourth-order valence-electron chi connectivity index (χ4n) is 3.22. The number of rotatable bonds is 4. The van der Waals surface area contributed by atoms with E-state index in [-0.39, 0.29) is 6.04 Å². The molecule has 0 radical (unpaired) electrons. The van der Waals surface area contributed by atoms with Crippen molar-refractivity contribution in [3.05, 3.63) is 59.4 Å². The van der Waals surface area contributed by atoms with Gasteiger partial charge >= 0.3 is 0 Å². The van der Waals surface area contributed by atoms with Crippen LogP contribution in [0.3, 0.4) is 0 Å². The summed E-state index contributed by atoms with van der Waals surface area (Å²) in [5, 5.41) is 3.44. The predicted molar refractivity (Wildman–Crippen MR) is 96.0 cm³/mol. The molecule has 1 atom stereocenters. The van der Waals surface area contributed by atoms with Gasteiger partial charge in [0.2, 0.25) is 0 Å². The van der Waals surface area contributed by atoms with E-state index in [1.54, 1.807) is 0 Å². The molecule has 1 aromatic heterocycles. The van der Waals surface area contributed by atoms with E-state index in [1.807, 2.05) is 12.3 Å². The molecular formula is C19H26N4. The SMILES string of the molecule is Cc1cccnc1C(c1ccc(N(C)C)cc1)N1CCNCC1. The van der Waals surface area contributed by atoms with Gasteiger partial charge in [-0.15, -0.1) is 0 Å². The second kappa shape index (κ2) is 7.11. The van der Waals surface area contributed by atoms with E-state index in [0.29, 0.717) is 0 Å². The van der Waals surface area contributed by atoms with Crippen molar-refractivity contribution in [3.8, 4) is 0 Å². The van der Waals surface area contributed by atoms with Crippen LogP contribution in [-0.2, 0) is 0 Å². The Kier molecular flexibility index (Phi) is 4.94. The van der Waals surface area contributed by atoms with E-state index >= 15 is 0 Å². The lowest BCUT2D eigenvalue weighted by Gasteiger charge is -2.35. The van der Waals surface area contributed by atoms with Crippen LogP contribution in [0.2, 0.25) is 0 Å². The first-order valence-electron chi connectivity index (χ1n) is 8.30. The van der Waals surface area contributed by atoms with Crippen molar-refractivity contribution < 1.29 is 0 Å². The average Bonchev–Trinajstić information content (AvgIpc) is 2.58. The lowest BCUT2D eigenvalue weighted by atomic mass is 9.97. The van der Waals surface area contributed by atoms with Crippen LogP contribution >= 0.6 is 0 Å². The van der Waals surface area contributed by atoms with Crippen LogP contribution in [0.4, 0.5) is 5.69 Å². The molecule has 0 spiro atoms. The Morgan fingerprint density at radius 1 is 1.09 bits per heavy atom. The third kappa shape index (κ3) is 3.54. The number of hydrogen-bond acceptors (Lipinski definition) is 4. The van der Waals surface area contributed by atoms with Crippen molar-refractivity contribution in [2.45, 2.75) is 13.0 Å². The molecule has 0 amide bonds. The van der Waals surface area contributed by atoms with Crippen molar-refractivity contribution in [2.75, 3.05) is 45.2 Å². The van der Waals surface area contributed by atoms with E-state index < -0.39 is 0 Å². The first kappa shape index (κ1) is 16.0. The Bertz CT molecular complexity index is 630. The van der Waals surface area contributed by atoms with E-state index in [9.17, 15) is 0 Å². The summed E-state index contributed by atoms with van der Waals surface area (Å²) in [5.74, 6) is 0. The fraction of sp³-hybridized carbons (Fsp3) is 0.421. The van der Waals surface area contributed by atoms with E-state index in [4.69, 9.17) is 4.98 Å². The third-order valence-electron chi connectivity index (χ3n) is 4.55. The van der Waals surface area contributed by atoms with Gasteiger partial charge in [-0.2, -0.15) is 0 Å². The Labute approximate surface area is 139 Å². The maximum Gasteiger partial charge on any atom is 0.0780 e. The summed E-state index contributed by atoms with van der Waals surface area (Å²) in [6.07, 6.45) is 1.91. The van der Waals surface area contributed by atoms with Crippen LogP contribution in [0.15, 0.2) is 42.6 Å². The van der Waals surface area contributed by atoms with E-state index in [0.717, 1.165) is 26.2 Å². The predicted octanol–water partition coefficient (Wildman–Crippen LogP) is 2.45. The van der Waals surface area contributed by atoms with Gasteiger partial charge in [-0.3, -0.25) is 9.88 Å². The first-order chi connectivity index (χ1) is 11.2. The smallest absolute Gasteiger partial charge is 0.0780 e. The van der Waals surface area contributed by atoms with Gasteiger partial charge in [0.05, 0.1) is 11.7 Å². The lowest BCUT2D eigenvalue weighted by molar-refractivity contribution is 0.195. The van der Waals surface area contributed by atoms with Crippen LogP contribution in [0, 0.1) is 6.92 Å². The highest BCUT2D eigenvalue weighted by atomic mass is 15.2. The monoisotopic (exact) mass is 310 g/mol. The van der Waals surface area contributed by atoms with Crippen LogP contribution in [0.25, 0.3) is 0 Å². The van der Waals surface area contributed by atoms with Gasteiger partial charge in [0, 0.05) is 52.2 Å². The number of nitrogens with one attached hydrogen (secondary N) is 1. The van der Waals surface area contributed by atoms with Gasteiger partial charge in [0.1, 0.15) is 0 Å². The van der Waals surface area contributed by atoms with Crippen LogP contribution in [0.5, 0.6) is 0 Å². The molecule has 122 valence electrons. The molecule has 4 heteroatoms. The van der Waals surface area contributed by atoms with Gasteiger partial charge in [-0.05, 0) is 36.2 Å². The first-order valence-corrected chi connectivity index (χ1v) is 8.30. The lowest BCUT2D eigenvalue weighted by Crippen LogP contribution is -2.45. The topological polar surface area (TPSA) is 31.4 Å². The average molecular weight is 310 g/mol. The molecule has 2 heterocycles. The Balaban J connectivity index is 1.99. The number of piperazine rings is 1. The second-order valence-corrected chi connectivity index (χ2v) is 6.38. The molecule has 1 saturated heterocycles. The molecule has 3 rings (SSSR count). The van der Waals surface area contributed by atoms with Crippen molar-refractivity contribution in [1.82, 2.24) is 15.2 Å². The minimum atomic E-state index is 0.231. The molecule has 2 aromatic rings. The molecule has 23 heavy (non-hydrogen) atoms. The maximum absolute atomic E-state index is 4.72. The Morgan fingerprint density at radius 3 is 2.39 bits per heavy atom. The standard InChI is InChI=1S/C19H26N4/c1-15-5-4-10-21-18(15)19(23-13-11-20-12-14-23)16-6-8-17(9-7-16)22(2)3/h4-10,19-20H,11-14H2,1-3H3. The number of anilines is 1. The summed E-state index contributed by atoms with van der Waals surface area (Å²) in [4.78, 5) is 9.39. The molecule has 1 N–H and O–H groups in total. The number of benzene rings is 1. The highest BCUT2D eigenvalue weighted by Crippen LogP contribution is 2.30. The van der Waals surface area contributed by atoms with E-state index in [1.165, 1.54) is 22.5 Å². The highest BCUT2D eigenvalue weighted by Gasteiger charge is 2.26. The number of aromatic nitrogens is 1. The summed E-state index contributed by atoms with van der Waals surface area (Å²) in [6, 6.07) is 13.3. The molecule has 0 saturated carbocycles. The zero-order valence-electron chi connectivity index (χ0n) is 14.3. The zero-order chi connectivity index (χ0) is 16.2. The van der Waals surface area contributed by atoms with Gasteiger partial charge in [-0.25, -0.2) is 0 Å². The highest BCUT2D eigenvalue weighted by molar-refractivity contribution is 5.47. The normalized spacial score (nSPS) is 17.0. The van der Waals surface area contributed by atoms with Gasteiger partial charge in [0.15, 0.2) is 0 Å². The van der Waals surface area contributed by atoms with Crippen molar-refractivity contribution in [1.29, 1.82) is 0 Å². The van der Waals surface area contributed by atoms with Gasteiger partial charge in [-0.1, -0.05) is 18.2 Å². The van der Waals surface area contributed by atoms with Crippen LogP contribution < -0.4 is 10.2 Å². The minimum absolute atomic E-state index is 0.231. The summed E-state index contributed by atoms with van der Waals surface area (Å²) in [6.45, 7) is 6.34. The number of pyridine rings is 1. The Morgan fingerprint density at radius 2 is 1.78 bits per heavy atom. The zero-order valence-corrected chi connectivity index (χ0v) is 14.3. The van der Waals surface area contributed by atoms with Crippen LogP contribution in [-0.4, -0.2) is 50.2 Å². The molecule has 1 aliphatic rings.